The van der Waals surface area contributed by atoms with E-state index in [1.54, 1.807) is 12.1 Å². The van der Waals surface area contributed by atoms with Crippen LogP contribution in [0, 0.1) is 5.82 Å². The number of hydrogen-bond donors (Lipinski definition) is 2. The lowest BCUT2D eigenvalue weighted by Crippen LogP contribution is -2.19. The van der Waals surface area contributed by atoms with Crippen LogP contribution in [0.4, 0.5) is 4.39 Å². The average molecular weight is 299 g/mol. The third-order valence-electron chi connectivity index (χ3n) is 2.87. The molecule has 0 aliphatic heterocycles. The standard InChI is InChI=1S/C15H19FN2O.ClH/c1-17-9-2-10-18-11-14-7-8-15(19-14)12-3-5-13(16)6-4-12;/h3-8,17-18H,2,9-11H2,1H3;1H. The first-order valence-electron chi connectivity index (χ1n) is 6.49. The van der Waals surface area contributed by atoms with Crippen molar-refractivity contribution in [2.75, 3.05) is 20.1 Å². The Labute approximate surface area is 125 Å². The lowest BCUT2D eigenvalue weighted by molar-refractivity contribution is 0.490. The first-order valence-corrected chi connectivity index (χ1v) is 6.49. The Bertz CT molecular complexity index is 499. The Balaban J connectivity index is 0.00000200. The van der Waals surface area contributed by atoms with E-state index in [0.717, 1.165) is 36.6 Å². The van der Waals surface area contributed by atoms with Gasteiger partial charge < -0.3 is 15.1 Å². The van der Waals surface area contributed by atoms with Crippen molar-refractivity contribution in [3.63, 3.8) is 0 Å². The molecule has 5 heteroatoms. The first-order chi connectivity index (χ1) is 9.29. The molecule has 0 bridgehead atoms. The van der Waals surface area contributed by atoms with Crippen LogP contribution in [0.1, 0.15) is 12.2 Å². The fourth-order valence-electron chi connectivity index (χ4n) is 1.84. The fraction of sp³-hybridized carbons (Fsp3) is 0.333. The smallest absolute Gasteiger partial charge is 0.134 e. The molecule has 3 nitrogen and oxygen atoms in total. The summed E-state index contributed by atoms with van der Waals surface area (Å²) in [6.07, 6.45) is 1.09. The number of benzene rings is 1. The van der Waals surface area contributed by atoms with Crippen molar-refractivity contribution in [2.24, 2.45) is 0 Å². The van der Waals surface area contributed by atoms with E-state index in [1.165, 1.54) is 12.1 Å². The normalized spacial score (nSPS) is 10.3. The highest BCUT2D eigenvalue weighted by atomic mass is 35.5. The quantitative estimate of drug-likeness (QED) is 0.771. The van der Waals surface area contributed by atoms with Gasteiger partial charge in [-0.3, -0.25) is 0 Å². The van der Waals surface area contributed by atoms with Crippen LogP contribution >= 0.6 is 12.4 Å². The maximum Gasteiger partial charge on any atom is 0.134 e. The zero-order chi connectivity index (χ0) is 13.5. The Morgan fingerprint density at radius 1 is 1.05 bits per heavy atom. The minimum atomic E-state index is -0.235. The molecule has 1 aromatic carbocycles. The predicted molar refractivity (Wildman–Crippen MR) is 81.6 cm³/mol. The van der Waals surface area contributed by atoms with Gasteiger partial charge in [0.25, 0.3) is 0 Å². The summed E-state index contributed by atoms with van der Waals surface area (Å²) in [5.74, 6) is 1.43. The molecule has 1 heterocycles. The van der Waals surface area contributed by atoms with Crippen LogP contribution in [-0.4, -0.2) is 20.1 Å². The number of furan rings is 1. The molecule has 1 aromatic heterocycles. The van der Waals surface area contributed by atoms with E-state index in [-0.39, 0.29) is 18.2 Å². The van der Waals surface area contributed by atoms with Gasteiger partial charge in [-0.05, 0) is 63.0 Å². The zero-order valence-electron chi connectivity index (χ0n) is 11.5. The monoisotopic (exact) mass is 298 g/mol. The molecule has 0 amide bonds. The van der Waals surface area contributed by atoms with Gasteiger partial charge >= 0.3 is 0 Å². The Hall–Kier alpha value is -1.36. The SMILES string of the molecule is CNCCCNCc1ccc(-c2ccc(F)cc2)o1.Cl. The summed E-state index contributed by atoms with van der Waals surface area (Å²) in [7, 11) is 1.95. The van der Waals surface area contributed by atoms with E-state index in [2.05, 4.69) is 10.6 Å². The predicted octanol–water partition coefficient (Wildman–Crippen LogP) is 3.21. The first kappa shape index (κ1) is 16.7. The largest absolute Gasteiger partial charge is 0.460 e. The maximum atomic E-state index is 12.8. The molecule has 2 rings (SSSR count). The van der Waals surface area contributed by atoms with Gasteiger partial charge in [-0.2, -0.15) is 0 Å². The summed E-state index contributed by atoms with van der Waals surface area (Å²) in [6.45, 7) is 2.67. The molecule has 0 saturated heterocycles. The molecule has 2 N–H and O–H groups in total. The van der Waals surface area contributed by atoms with E-state index in [4.69, 9.17) is 4.42 Å². The second kappa shape index (κ2) is 8.74. The van der Waals surface area contributed by atoms with E-state index < -0.39 is 0 Å². The van der Waals surface area contributed by atoms with Gasteiger partial charge in [0.05, 0.1) is 6.54 Å². The third-order valence-corrected chi connectivity index (χ3v) is 2.87. The van der Waals surface area contributed by atoms with Gasteiger partial charge in [0, 0.05) is 5.56 Å². The number of rotatable bonds is 7. The summed E-state index contributed by atoms with van der Waals surface area (Å²) in [5.41, 5.74) is 0.892. The lowest BCUT2D eigenvalue weighted by Gasteiger charge is -2.02. The van der Waals surface area contributed by atoms with Gasteiger partial charge in [-0.25, -0.2) is 4.39 Å². The highest BCUT2D eigenvalue weighted by Gasteiger charge is 2.04. The molecule has 0 radical (unpaired) electrons. The zero-order valence-corrected chi connectivity index (χ0v) is 12.3. The highest BCUT2D eigenvalue weighted by molar-refractivity contribution is 5.85. The van der Waals surface area contributed by atoms with Crippen LogP contribution in [0.3, 0.4) is 0 Å². The summed E-state index contributed by atoms with van der Waals surface area (Å²) in [6, 6.07) is 10.2. The molecule has 0 aliphatic rings. The fourth-order valence-corrected chi connectivity index (χ4v) is 1.84. The summed E-state index contributed by atoms with van der Waals surface area (Å²) >= 11 is 0. The summed E-state index contributed by atoms with van der Waals surface area (Å²) < 4.78 is 18.5. The van der Waals surface area contributed by atoms with Crippen LogP contribution in [0.5, 0.6) is 0 Å². The third kappa shape index (κ3) is 4.96. The molecule has 110 valence electrons. The molecule has 0 fully saturated rings. The molecule has 2 aromatic rings. The number of hydrogen-bond acceptors (Lipinski definition) is 3. The van der Waals surface area contributed by atoms with Crippen molar-refractivity contribution < 1.29 is 8.81 Å². The Kier molecular flexibility index (Phi) is 7.30. The minimum Gasteiger partial charge on any atom is -0.460 e. The Morgan fingerprint density at radius 2 is 1.80 bits per heavy atom. The topological polar surface area (TPSA) is 37.2 Å². The molecular weight excluding hydrogens is 279 g/mol. The van der Waals surface area contributed by atoms with Gasteiger partial charge in [0.15, 0.2) is 0 Å². The van der Waals surface area contributed by atoms with E-state index in [1.807, 2.05) is 19.2 Å². The average Bonchev–Trinajstić information content (AvgIpc) is 2.88. The van der Waals surface area contributed by atoms with Crippen molar-refractivity contribution in [1.29, 1.82) is 0 Å². The number of nitrogens with one attached hydrogen (secondary N) is 2. The lowest BCUT2D eigenvalue weighted by atomic mass is 10.2. The molecular formula is C15H20ClFN2O. The summed E-state index contributed by atoms with van der Waals surface area (Å²) in [5, 5.41) is 6.42. The van der Waals surface area contributed by atoms with E-state index in [9.17, 15) is 4.39 Å². The maximum absolute atomic E-state index is 12.8. The van der Waals surface area contributed by atoms with Crippen LogP contribution in [0.2, 0.25) is 0 Å². The van der Waals surface area contributed by atoms with Crippen molar-refractivity contribution in [1.82, 2.24) is 10.6 Å². The van der Waals surface area contributed by atoms with E-state index in [0.29, 0.717) is 6.54 Å². The van der Waals surface area contributed by atoms with Gasteiger partial charge in [-0.15, -0.1) is 12.4 Å². The molecule has 20 heavy (non-hydrogen) atoms. The van der Waals surface area contributed by atoms with E-state index >= 15 is 0 Å². The van der Waals surface area contributed by atoms with Crippen LogP contribution in [0.15, 0.2) is 40.8 Å². The molecule has 0 saturated carbocycles. The summed E-state index contributed by atoms with van der Waals surface area (Å²) in [4.78, 5) is 0. The molecule has 0 unspecified atom stereocenters. The van der Waals surface area contributed by atoms with Crippen molar-refractivity contribution >= 4 is 12.4 Å². The molecule has 0 spiro atoms. The van der Waals surface area contributed by atoms with Crippen LogP contribution in [-0.2, 0) is 6.54 Å². The van der Waals surface area contributed by atoms with Gasteiger partial charge in [0.1, 0.15) is 17.3 Å². The van der Waals surface area contributed by atoms with Gasteiger partial charge in [0.2, 0.25) is 0 Å². The Morgan fingerprint density at radius 3 is 2.50 bits per heavy atom. The van der Waals surface area contributed by atoms with Crippen molar-refractivity contribution in [2.45, 2.75) is 13.0 Å². The second-order valence-corrected chi connectivity index (χ2v) is 4.41. The molecule has 0 atom stereocenters. The molecule has 0 aliphatic carbocycles. The second-order valence-electron chi connectivity index (χ2n) is 4.41. The number of halogens is 2. The van der Waals surface area contributed by atoms with Crippen LogP contribution < -0.4 is 10.6 Å². The highest BCUT2D eigenvalue weighted by Crippen LogP contribution is 2.22. The minimum absolute atomic E-state index is 0. The van der Waals surface area contributed by atoms with Crippen molar-refractivity contribution in [3.05, 3.63) is 48.0 Å². The van der Waals surface area contributed by atoms with Crippen molar-refractivity contribution in [3.8, 4) is 11.3 Å². The van der Waals surface area contributed by atoms with Gasteiger partial charge in [-0.1, -0.05) is 0 Å². The van der Waals surface area contributed by atoms with Crippen LogP contribution in [0.25, 0.3) is 11.3 Å².